The molecule has 0 fully saturated rings. The number of furan rings is 1. The van der Waals surface area contributed by atoms with Crippen LogP contribution in [0.3, 0.4) is 0 Å². The van der Waals surface area contributed by atoms with Crippen molar-refractivity contribution in [1.29, 1.82) is 0 Å². The lowest BCUT2D eigenvalue weighted by molar-refractivity contribution is 0.669. The number of nitrogens with zero attached hydrogens (tertiary/aromatic N) is 3. The van der Waals surface area contributed by atoms with Crippen LogP contribution in [-0.4, -0.2) is 15.0 Å². The van der Waals surface area contributed by atoms with Gasteiger partial charge in [-0.15, -0.1) is 0 Å². The number of aromatic nitrogens is 3. The Morgan fingerprint density at radius 1 is 0.306 bits per heavy atom. The topological polar surface area (TPSA) is 51.8 Å². The van der Waals surface area contributed by atoms with Crippen LogP contribution in [0, 0.1) is 0 Å². The summed E-state index contributed by atoms with van der Waals surface area (Å²) in [5, 5.41) is 2.11. The molecule has 0 atom stereocenters. The molecule has 4 heteroatoms. The Morgan fingerprint density at radius 3 is 1.51 bits per heavy atom. The third-order valence-electron chi connectivity index (χ3n) is 8.98. The van der Waals surface area contributed by atoms with Gasteiger partial charge in [0, 0.05) is 21.9 Å². The largest absolute Gasteiger partial charge is 0.455 e. The molecule has 9 rings (SSSR count). The highest BCUT2D eigenvalue weighted by Gasteiger charge is 2.18. The number of hydrogen-bond donors (Lipinski definition) is 0. The van der Waals surface area contributed by atoms with Gasteiger partial charge >= 0.3 is 0 Å². The van der Waals surface area contributed by atoms with E-state index < -0.39 is 0 Å². The highest BCUT2D eigenvalue weighted by molar-refractivity contribution is 6.09. The van der Waals surface area contributed by atoms with Crippen LogP contribution in [0.4, 0.5) is 0 Å². The van der Waals surface area contributed by atoms with Gasteiger partial charge in [0.25, 0.3) is 0 Å². The minimum Gasteiger partial charge on any atom is -0.455 e. The van der Waals surface area contributed by atoms with Crippen LogP contribution in [0.2, 0.25) is 0 Å². The molecule has 0 aliphatic rings. The lowest BCUT2D eigenvalue weighted by Crippen LogP contribution is -2.00. The molecule has 49 heavy (non-hydrogen) atoms. The summed E-state index contributed by atoms with van der Waals surface area (Å²) in [6.45, 7) is 0. The summed E-state index contributed by atoms with van der Waals surface area (Å²) in [6.07, 6.45) is 0. The maximum atomic E-state index is 6.37. The molecule has 0 spiro atoms. The van der Waals surface area contributed by atoms with E-state index in [-0.39, 0.29) is 0 Å². The molecule has 0 radical (unpaired) electrons. The van der Waals surface area contributed by atoms with E-state index in [1.54, 1.807) is 0 Å². The van der Waals surface area contributed by atoms with Crippen LogP contribution in [-0.2, 0) is 0 Å². The van der Waals surface area contributed by atoms with E-state index in [9.17, 15) is 0 Å². The number of fused-ring (bicyclic) bond motifs is 3. The van der Waals surface area contributed by atoms with Crippen LogP contribution >= 0.6 is 0 Å². The number of rotatable bonds is 6. The van der Waals surface area contributed by atoms with E-state index in [4.69, 9.17) is 19.4 Å². The van der Waals surface area contributed by atoms with Crippen molar-refractivity contribution in [3.63, 3.8) is 0 Å². The van der Waals surface area contributed by atoms with Gasteiger partial charge in [0.2, 0.25) is 0 Å². The molecule has 0 unspecified atom stereocenters. The predicted octanol–water partition coefficient (Wildman–Crippen LogP) is 11.8. The molecule has 0 aliphatic carbocycles. The van der Waals surface area contributed by atoms with Gasteiger partial charge in [0.1, 0.15) is 11.2 Å². The zero-order chi connectivity index (χ0) is 32.6. The average molecular weight is 628 g/mol. The van der Waals surface area contributed by atoms with E-state index in [1.165, 1.54) is 22.3 Å². The molecule has 9 aromatic rings. The molecule has 0 amide bonds. The Labute approximate surface area is 284 Å². The monoisotopic (exact) mass is 627 g/mol. The second-order valence-corrected chi connectivity index (χ2v) is 12.0. The van der Waals surface area contributed by atoms with E-state index in [1.807, 2.05) is 60.7 Å². The molecule has 0 saturated heterocycles. The average Bonchev–Trinajstić information content (AvgIpc) is 3.58. The fraction of sp³-hybridized carbons (Fsp3) is 0. The van der Waals surface area contributed by atoms with Crippen LogP contribution in [0.5, 0.6) is 0 Å². The van der Waals surface area contributed by atoms with E-state index in [2.05, 4.69) is 115 Å². The second kappa shape index (κ2) is 12.2. The predicted molar refractivity (Wildman–Crippen MR) is 200 cm³/mol. The molecule has 0 N–H and O–H groups in total. The highest BCUT2D eigenvalue weighted by atomic mass is 16.3. The second-order valence-electron chi connectivity index (χ2n) is 12.0. The maximum Gasteiger partial charge on any atom is 0.167 e. The van der Waals surface area contributed by atoms with Gasteiger partial charge in [0.05, 0.1) is 5.56 Å². The molecule has 4 nitrogen and oxygen atoms in total. The fourth-order valence-corrected chi connectivity index (χ4v) is 6.53. The lowest BCUT2D eigenvalue weighted by atomic mass is 9.91. The Morgan fingerprint density at radius 2 is 0.816 bits per heavy atom. The number of para-hydroxylation sites is 2. The molecule has 2 heterocycles. The Hall–Kier alpha value is -6.65. The Balaban J connectivity index is 1.14. The summed E-state index contributed by atoms with van der Waals surface area (Å²) >= 11 is 0. The first-order chi connectivity index (χ1) is 24.3. The van der Waals surface area contributed by atoms with Crippen molar-refractivity contribution in [2.24, 2.45) is 0 Å². The third kappa shape index (κ3) is 5.35. The standard InChI is InChI=1S/C45H29N3O/c1-4-13-31(14-5-1)36-28-27-35(29-40(36)32-15-6-2-7-16-32)30-23-25-34(26-24-30)44-46-43(33-17-8-3-9-18-33)47-45(48-44)39-21-12-20-38-37-19-10-11-22-41(37)49-42(38)39/h1-29H. The molecular formula is C45H29N3O. The van der Waals surface area contributed by atoms with E-state index in [0.717, 1.165) is 49.8 Å². The SMILES string of the molecule is c1ccc(-c2nc(-c3ccc(-c4ccc(-c5ccccc5)c(-c5ccccc5)c4)cc3)nc(-c3cccc4c3oc3ccccc34)n2)cc1. The van der Waals surface area contributed by atoms with Crippen molar-refractivity contribution >= 4 is 21.9 Å². The van der Waals surface area contributed by atoms with E-state index >= 15 is 0 Å². The first-order valence-corrected chi connectivity index (χ1v) is 16.4. The van der Waals surface area contributed by atoms with Crippen molar-refractivity contribution in [2.75, 3.05) is 0 Å². The number of benzene rings is 7. The summed E-state index contributed by atoms with van der Waals surface area (Å²) in [4.78, 5) is 15.0. The molecule has 0 bridgehead atoms. The first kappa shape index (κ1) is 28.6. The van der Waals surface area contributed by atoms with E-state index in [0.29, 0.717) is 17.5 Å². The zero-order valence-electron chi connectivity index (χ0n) is 26.5. The number of hydrogen-bond acceptors (Lipinski definition) is 4. The summed E-state index contributed by atoms with van der Waals surface area (Å²) in [5.41, 5.74) is 11.3. The molecular weight excluding hydrogens is 599 g/mol. The molecule has 7 aromatic carbocycles. The van der Waals surface area contributed by atoms with Crippen LogP contribution in [0.1, 0.15) is 0 Å². The van der Waals surface area contributed by atoms with Gasteiger partial charge in [0.15, 0.2) is 17.5 Å². The molecule has 230 valence electrons. The van der Waals surface area contributed by atoms with Crippen molar-refractivity contribution in [3.05, 3.63) is 176 Å². The molecule has 0 aliphatic heterocycles. The highest BCUT2D eigenvalue weighted by Crippen LogP contribution is 2.38. The summed E-state index contributed by atoms with van der Waals surface area (Å²) in [7, 11) is 0. The van der Waals surface area contributed by atoms with Gasteiger partial charge in [-0.05, 0) is 51.6 Å². The lowest BCUT2D eigenvalue weighted by Gasteiger charge is -2.13. The zero-order valence-corrected chi connectivity index (χ0v) is 26.5. The smallest absolute Gasteiger partial charge is 0.167 e. The molecule has 0 saturated carbocycles. The quantitative estimate of drug-likeness (QED) is 0.184. The van der Waals surface area contributed by atoms with Crippen molar-refractivity contribution in [3.8, 4) is 67.5 Å². The van der Waals surface area contributed by atoms with Crippen LogP contribution in [0.15, 0.2) is 180 Å². The van der Waals surface area contributed by atoms with Crippen LogP contribution < -0.4 is 0 Å². The maximum absolute atomic E-state index is 6.37. The normalized spacial score (nSPS) is 11.3. The Bertz CT molecular complexity index is 2580. The van der Waals surface area contributed by atoms with Gasteiger partial charge in [-0.3, -0.25) is 0 Å². The minimum absolute atomic E-state index is 0.571. The van der Waals surface area contributed by atoms with Gasteiger partial charge in [-0.25, -0.2) is 15.0 Å². The molecule has 2 aromatic heterocycles. The Kier molecular flexibility index (Phi) is 7.10. The van der Waals surface area contributed by atoms with Gasteiger partial charge < -0.3 is 4.42 Å². The first-order valence-electron chi connectivity index (χ1n) is 16.4. The minimum atomic E-state index is 0.571. The summed E-state index contributed by atoms with van der Waals surface area (Å²) in [6, 6.07) is 60.6. The van der Waals surface area contributed by atoms with Crippen molar-refractivity contribution in [2.45, 2.75) is 0 Å². The summed E-state index contributed by atoms with van der Waals surface area (Å²) < 4.78 is 6.37. The van der Waals surface area contributed by atoms with Gasteiger partial charge in [-0.2, -0.15) is 0 Å². The van der Waals surface area contributed by atoms with Gasteiger partial charge in [-0.1, -0.05) is 158 Å². The summed E-state index contributed by atoms with van der Waals surface area (Å²) in [5.74, 6) is 1.79. The van der Waals surface area contributed by atoms with Crippen molar-refractivity contribution < 1.29 is 4.42 Å². The fourth-order valence-electron chi connectivity index (χ4n) is 6.53. The van der Waals surface area contributed by atoms with Crippen molar-refractivity contribution in [1.82, 2.24) is 15.0 Å². The van der Waals surface area contributed by atoms with Crippen LogP contribution in [0.25, 0.3) is 89.5 Å². The third-order valence-corrected chi connectivity index (χ3v) is 8.98.